The highest BCUT2D eigenvalue weighted by atomic mass is 19.4. The molecule has 1 aromatic carbocycles. The molecule has 0 radical (unpaired) electrons. The highest BCUT2D eigenvalue weighted by molar-refractivity contribution is 5.85. The molecule has 100 valence electrons. The van der Waals surface area contributed by atoms with E-state index in [-0.39, 0.29) is 5.56 Å². The van der Waals surface area contributed by atoms with Gasteiger partial charge in [0.25, 0.3) is 0 Å². The standard InChI is InChI=1S/C11H12F4N2O/c1-10(17,9(16)18)8(11(13,14)15)6-2-4-7(12)5-3-6/h2-5,8H,17H2,1H3,(H2,16,18)/t8-,10+/m0/s1. The average Bonchev–Trinajstić information content (AvgIpc) is 2.18. The van der Waals surface area contributed by atoms with Gasteiger partial charge in [-0.05, 0) is 24.6 Å². The lowest BCUT2D eigenvalue weighted by Crippen LogP contribution is -2.57. The molecular formula is C11H12F4N2O. The summed E-state index contributed by atoms with van der Waals surface area (Å²) in [4.78, 5) is 11.1. The van der Waals surface area contributed by atoms with Crippen LogP contribution in [0.5, 0.6) is 0 Å². The maximum absolute atomic E-state index is 13.0. The molecule has 0 aliphatic carbocycles. The predicted octanol–water partition coefficient (Wildman–Crippen LogP) is 1.67. The van der Waals surface area contributed by atoms with Gasteiger partial charge in [-0.1, -0.05) is 12.1 Å². The van der Waals surface area contributed by atoms with E-state index in [4.69, 9.17) is 11.5 Å². The number of primary amides is 1. The summed E-state index contributed by atoms with van der Waals surface area (Å²) in [6.45, 7) is 0.900. The van der Waals surface area contributed by atoms with Crippen molar-refractivity contribution >= 4 is 5.91 Å². The van der Waals surface area contributed by atoms with Gasteiger partial charge in [-0.15, -0.1) is 0 Å². The monoisotopic (exact) mass is 264 g/mol. The van der Waals surface area contributed by atoms with Gasteiger partial charge in [0.2, 0.25) is 5.91 Å². The highest BCUT2D eigenvalue weighted by Crippen LogP contribution is 2.41. The summed E-state index contributed by atoms with van der Waals surface area (Å²) in [5, 5.41) is 0. The number of hydrogen-bond acceptors (Lipinski definition) is 2. The second kappa shape index (κ2) is 4.56. The van der Waals surface area contributed by atoms with E-state index >= 15 is 0 Å². The molecular weight excluding hydrogens is 252 g/mol. The van der Waals surface area contributed by atoms with Crippen molar-refractivity contribution in [1.82, 2.24) is 0 Å². The van der Waals surface area contributed by atoms with E-state index in [0.717, 1.165) is 31.2 Å². The van der Waals surface area contributed by atoms with Crippen LogP contribution in [0, 0.1) is 5.82 Å². The first-order valence-corrected chi connectivity index (χ1v) is 4.97. The molecule has 0 heterocycles. The molecule has 1 aromatic rings. The maximum atomic E-state index is 13.0. The molecule has 2 atom stereocenters. The topological polar surface area (TPSA) is 69.1 Å². The summed E-state index contributed by atoms with van der Waals surface area (Å²) < 4.78 is 51.6. The largest absolute Gasteiger partial charge is 0.398 e. The van der Waals surface area contributed by atoms with Crippen molar-refractivity contribution in [3.05, 3.63) is 35.6 Å². The van der Waals surface area contributed by atoms with Crippen LogP contribution < -0.4 is 11.5 Å². The molecule has 18 heavy (non-hydrogen) atoms. The van der Waals surface area contributed by atoms with Crippen LogP contribution in [-0.4, -0.2) is 17.6 Å². The zero-order valence-electron chi connectivity index (χ0n) is 9.46. The first-order valence-electron chi connectivity index (χ1n) is 4.97. The van der Waals surface area contributed by atoms with Gasteiger partial charge in [0.1, 0.15) is 17.3 Å². The second-order valence-corrected chi connectivity index (χ2v) is 4.17. The molecule has 0 bridgehead atoms. The van der Waals surface area contributed by atoms with Crippen molar-refractivity contribution in [2.75, 3.05) is 0 Å². The number of rotatable bonds is 3. The molecule has 7 heteroatoms. The van der Waals surface area contributed by atoms with Gasteiger partial charge in [-0.3, -0.25) is 4.79 Å². The smallest absolute Gasteiger partial charge is 0.368 e. The van der Waals surface area contributed by atoms with Gasteiger partial charge in [0.15, 0.2) is 0 Å². The number of alkyl halides is 3. The maximum Gasteiger partial charge on any atom is 0.398 e. The van der Waals surface area contributed by atoms with Crippen LogP contribution in [-0.2, 0) is 4.79 Å². The summed E-state index contributed by atoms with van der Waals surface area (Å²) in [6, 6.07) is 3.60. The molecule has 1 rings (SSSR count). The Morgan fingerprint density at radius 3 is 2.00 bits per heavy atom. The Morgan fingerprint density at radius 2 is 1.67 bits per heavy atom. The van der Waals surface area contributed by atoms with Gasteiger partial charge in [0, 0.05) is 0 Å². The van der Waals surface area contributed by atoms with Gasteiger partial charge in [-0.2, -0.15) is 13.2 Å². The van der Waals surface area contributed by atoms with Crippen molar-refractivity contribution in [3.8, 4) is 0 Å². The third-order valence-electron chi connectivity index (χ3n) is 2.66. The highest BCUT2D eigenvalue weighted by Gasteiger charge is 2.53. The van der Waals surface area contributed by atoms with E-state index in [1.54, 1.807) is 0 Å². The molecule has 3 nitrogen and oxygen atoms in total. The molecule has 1 amide bonds. The summed E-state index contributed by atoms with van der Waals surface area (Å²) in [5.74, 6) is -4.25. The van der Waals surface area contributed by atoms with Crippen molar-refractivity contribution < 1.29 is 22.4 Å². The zero-order valence-corrected chi connectivity index (χ0v) is 9.46. The zero-order chi connectivity index (χ0) is 14.1. The Hall–Kier alpha value is -1.63. The number of hydrogen-bond donors (Lipinski definition) is 2. The Balaban J connectivity index is 3.31. The first-order chi connectivity index (χ1) is 8.06. The third-order valence-corrected chi connectivity index (χ3v) is 2.66. The van der Waals surface area contributed by atoms with Crippen LogP contribution in [0.15, 0.2) is 24.3 Å². The molecule has 0 saturated carbocycles. The molecule has 0 fully saturated rings. The Morgan fingerprint density at radius 1 is 1.22 bits per heavy atom. The SMILES string of the molecule is C[C@](N)(C(N)=O)[C@H](c1ccc(F)cc1)C(F)(F)F. The van der Waals surface area contributed by atoms with E-state index in [2.05, 4.69) is 0 Å². The third kappa shape index (κ3) is 2.79. The number of nitrogens with two attached hydrogens (primary N) is 2. The molecule has 0 unspecified atom stereocenters. The van der Waals surface area contributed by atoms with Crippen molar-refractivity contribution in [3.63, 3.8) is 0 Å². The van der Waals surface area contributed by atoms with Crippen molar-refractivity contribution in [2.45, 2.75) is 24.6 Å². The Bertz CT molecular complexity index is 439. The molecule has 0 spiro atoms. The predicted molar refractivity (Wildman–Crippen MR) is 57.0 cm³/mol. The lowest BCUT2D eigenvalue weighted by molar-refractivity contribution is -0.169. The first kappa shape index (κ1) is 14.4. The number of carbonyl (C=O) groups is 1. The summed E-state index contributed by atoms with van der Waals surface area (Å²) in [7, 11) is 0. The number of carbonyl (C=O) groups excluding carboxylic acids is 1. The lowest BCUT2D eigenvalue weighted by Gasteiger charge is -2.33. The fourth-order valence-corrected chi connectivity index (χ4v) is 1.67. The Labute approximate surface area is 101 Å². The van der Waals surface area contributed by atoms with Crippen LogP contribution >= 0.6 is 0 Å². The quantitative estimate of drug-likeness (QED) is 0.815. The van der Waals surface area contributed by atoms with Crippen molar-refractivity contribution in [2.24, 2.45) is 11.5 Å². The van der Waals surface area contributed by atoms with Crippen molar-refractivity contribution in [1.29, 1.82) is 0 Å². The van der Waals surface area contributed by atoms with E-state index in [1.165, 1.54) is 0 Å². The van der Waals surface area contributed by atoms with Gasteiger partial charge in [-0.25, -0.2) is 4.39 Å². The molecule has 0 aliphatic heterocycles. The van der Waals surface area contributed by atoms with Crippen LogP contribution in [0.2, 0.25) is 0 Å². The fourth-order valence-electron chi connectivity index (χ4n) is 1.67. The van der Waals surface area contributed by atoms with E-state index < -0.39 is 29.4 Å². The molecule has 0 saturated heterocycles. The number of halogens is 4. The lowest BCUT2D eigenvalue weighted by atomic mass is 9.80. The molecule has 4 N–H and O–H groups in total. The minimum absolute atomic E-state index is 0.312. The van der Waals surface area contributed by atoms with Gasteiger partial charge >= 0.3 is 6.18 Å². The fraction of sp³-hybridized carbons (Fsp3) is 0.364. The van der Waals surface area contributed by atoms with Crippen LogP contribution in [0.25, 0.3) is 0 Å². The normalized spacial score (nSPS) is 17.0. The van der Waals surface area contributed by atoms with E-state index in [9.17, 15) is 22.4 Å². The summed E-state index contributed by atoms with van der Waals surface area (Å²) in [5.41, 5.74) is 7.65. The summed E-state index contributed by atoms with van der Waals surface area (Å²) >= 11 is 0. The number of amides is 1. The molecule has 0 aliphatic rings. The van der Waals surface area contributed by atoms with Crippen LogP contribution in [0.4, 0.5) is 17.6 Å². The Kier molecular flexibility index (Phi) is 3.66. The minimum Gasteiger partial charge on any atom is -0.368 e. The van der Waals surface area contributed by atoms with E-state index in [1.807, 2.05) is 0 Å². The number of benzene rings is 1. The van der Waals surface area contributed by atoms with E-state index in [0.29, 0.717) is 0 Å². The molecule has 0 aromatic heterocycles. The minimum atomic E-state index is -4.77. The van der Waals surface area contributed by atoms with Crippen LogP contribution in [0.1, 0.15) is 18.4 Å². The van der Waals surface area contributed by atoms with Gasteiger partial charge in [0.05, 0.1) is 0 Å². The average molecular weight is 264 g/mol. The van der Waals surface area contributed by atoms with Gasteiger partial charge < -0.3 is 11.5 Å². The summed E-state index contributed by atoms with van der Waals surface area (Å²) in [6.07, 6.45) is -4.77. The second-order valence-electron chi connectivity index (χ2n) is 4.17. The van der Waals surface area contributed by atoms with Crippen LogP contribution in [0.3, 0.4) is 0 Å².